The predicted octanol–water partition coefficient (Wildman–Crippen LogP) is 1.44. The van der Waals surface area contributed by atoms with E-state index in [0.717, 1.165) is 12.5 Å². The van der Waals surface area contributed by atoms with Crippen LogP contribution in [-0.4, -0.2) is 17.4 Å². The van der Waals surface area contributed by atoms with Gasteiger partial charge in [-0.3, -0.25) is 9.78 Å². The highest BCUT2D eigenvalue weighted by Gasteiger charge is 2.28. The van der Waals surface area contributed by atoms with Crippen molar-refractivity contribution in [3.63, 3.8) is 0 Å². The van der Waals surface area contributed by atoms with Crippen LogP contribution in [-0.2, 0) is 0 Å². The number of nitrogens with one attached hydrogen (secondary N) is 1. The van der Waals surface area contributed by atoms with Gasteiger partial charge in [0.2, 0.25) is 0 Å². The third-order valence-electron chi connectivity index (χ3n) is 3.11. The van der Waals surface area contributed by atoms with Gasteiger partial charge in [0, 0.05) is 24.6 Å². The van der Waals surface area contributed by atoms with Gasteiger partial charge in [0.25, 0.3) is 5.91 Å². The van der Waals surface area contributed by atoms with Crippen molar-refractivity contribution in [2.24, 2.45) is 11.8 Å². The van der Waals surface area contributed by atoms with E-state index in [1.54, 1.807) is 12.3 Å². The Morgan fingerprint density at radius 2 is 2.44 bits per heavy atom. The number of aromatic nitrogens is 1. The zero-order chi connectivity index (χ0) is 11.5. The molecule has 0 bridgehead atoms. The molecule has 1 amide bonds. The average molecular weight is 219 g/mol. The number of anilines is 1. The molecule has 3 N–H and O–H groups in total. The standard InChI is InChI=1S/C12H17N3O/c1-8(9-2-3-9)6-15-12(16)10-7-14-5-4-11(10)13/h4-5,7-9H,2-3,6H2,1H3,(H2,13,14)(H,15,16). The van der Waals surface area contributed by atoms with Crippen molar-refractivity contribution in [2.75, 3.05) is 12.3 Å². The maximum atomic E-state index is 11.8. The van der Waals surface area contributed by atoms with E-state index in [9.17, 15) is 4.79 Å². The average Bonchev–Trinajstić information content (AvgIpc) is 3.10. The van der Waals surface area contributed by atoms with E-state index in [1.165, 1.54) is 19.0 Å². The van der Waals surface area contributed by atoms with E-state index >= 15 is 0 Å². The number of nitrogens with two attached hydrogens (primary N) is 1. The summed E-state index contributed by atoms with van der Waals surface area (Å²) in [6.45, 7) is 2.89. The first-order valence-electron chi connectivity index (χ1n) is 5.66. The Labute approximate surface area is 95.3 Å². The molecule has 1 aliphatic carbocycles. The molecule has 16 heavy (non-hydrogen) atoms. The fourth-order valence-corrected chi connectivity index (χ4v) is 1.78. The predicted molar refractivity (Wildman–Crippen MR) is 62.9 cm³/mol. The van der Waals surface area contributed by atoms with Crippen molar-refractivity contribution in [1.29, 1.82) is 0 Å². The maximum absolute atomic E-state index is 11.8. The molecule has 1 unspecified atom stereocenters. The van der Waals surface area contributed by atoms with Gasteiger partial charge in [-0.1, -0.05) is 6.92 Å². The molecule has 1 heterocycles. The lowest BCUT2D eigenvalue weighted by atomic mass is 10.1. The molecule has 86 valence electrons. The molecule has 0 spiro atoms. The molecule has 0 saturated heterocycles. The molecular formula is C12H17N3O. The Bertz CT molecular complexity index is 388. The summed E-state index contributed by atoms with van der Waals surface area (Å²) in [6.07, 6.45) is 5.68. The number of nitrogens with zero attached hydrogens (tertiary/aromatic N) is 1. The Morgan fingerprint density at radius 1 is 1.69 bits per heavy atom. The van der Waals surface area contributed by atoms with E-state index < -0.39 is 0 Å². The Balaban J connectivity index is 1.90. The lowest BCUT2D eigenvalue weighted by molar-refractivity contribution is 0.0947. The number of carbonyl (C=O) groups is 1. The molecule has 1 atom stereocenters. The van der Waals surface area contributed by atoms with Crippen LogP contribution in [0.25, 0.3) is 0 Å². The number of carbonyl (C=O) groups excluding carboxylic acids is 1. The second-order valence-corrected chi connectivity index (χ2v) is 4.49. The van der Waals surface area contributed by atoms with Crippen LogP contribution in [0.3, 0.4) is 0 Å². The van der Waals surface area contributed by atoms with Crippen molar-refractivity contribution in [3.05, 3.63) is 24.0 Å². The molecule has 0 radical (unpaired) electrons. The van der Waals surface area contributed by atoms with E-state index in [1.807, 2.05) is 0 Å². The Hall–Kier alpha value is -1.58. The van der Waals surface area contributed by atoms with E-state index in [4.69, 9.17) is 5.73 Å². The van der Waals surface area contributed by atoms with Crippen LogP contribution in [0, 0.1) is 11.8 Å². The number of rotatable bonds is 4. The highest BCUT2D eigenvalue weighted by Crippen LogP contribution is 2.36. The lowest BCUT2D eigenvalue weighted by Gasteiger charge is -2.11. The summed E-state index contributed by atoms with van der Waals surface area (Å²) >= 11 is 0. The first-order valence-corrected chi connectivity index (χ1v) is 5.66. The zero-order valence-corrected chi connectivity index (χ0v) is 9.44. The van der Waals surface area contributed by atoms with Crippen LogP contribution in [0.1, 0.15) is 30.1 Å². The summed E-state index contributed by atoms with van der Waals surface area (Å²) in [7, 11) is 0. The summed E-state index contributed by atoms with van der Waals surface area (Å²) in [4.78, 5) is 15.7. The van der Waals surface area contributed by atoms with Crippen LogP contribution in [0.4, 0.5) is 5.69 Å². The fourth-order valence-electron chi connectivity index (χ4n) is 1.78. The van der Waals surface area contributed by atoms with Crippen LogP contribution in [0.2, 0.25) is 0 Å². The Kier molecular flexibility index (Phi) is 3.08. The van der Waals surface area contributed by atoms with Gasteiger partial charge in [-0.15, -0.1) is 0 Å². The minimum atomic E-state index is -0.127. The second-order valence-electron chi connectivity index (χ2n) is 4.49. The van der Waals surface area contributed by atoms with Gasteiger partial charge < -0.3 is 11.1 Å². The number of nitrogen functional groups attached to an aromatic ring is 1. The summed E-state index contributed by atoms with van der Waals surface area (Å²) in [5, 5.41) is 2.90. The third-order valence-corrected chi connectivity index (χ3v) is 3.11. The smallest absolute Gasteiger partial charge is 0.254 e. The van der Waals surface area contributed by atoms with Gasteiger partial charge in [0.1, 0.15) is 0 Å². The first kappa shape index (κ1) is 10.9. The van der Waals surface area contributed by atoms with Crippen LogP contribution < -0.4 is 11.1 Å². The SMILES string of the molecule is CC(CNC(=O)c1cnccc1N)C1CC1. The molecule has 1 aromatic rings. The number of pyridine rings is 1. The van der Waals surface area contributed by atoms with Crippen LogP contribution >= 0.6 is 0 Å². The van der Waals surface area contributed by atoms with Gasteiger partial charge in [-0.25, -0.2) is 0 Å². The monoisotopic (exact) mass is 219 g/mol. The quantitative estimate of drug-likeness (QED) is 0.805. The Morgan fingerprint density at radius 3 is 3.06 bits per heavy atom. The van der Waals surface area contributed by atoms with E-state index in [0.29, 0.717) is 17.2 Å². The van der Waals surface area contributed by atoms with Crippen LogP contribution in [0.15, 0.2) is 18.5 Å². The minimum Gasteiger partial charge on any atom is -0.398 e. The zero-order valence-electron chi connectivity index (χ0n) is 9.44. The highest BCUT2D eigenvalue weighted by molar-refractivity contribution is 5.98. The summed E-state index contributed by atoms with van der Waals surface area (Å²) in [5.74, 6) is 1.23. The topological polar surface area (TPSA) is 68.0 Å². The van der Waals surface area contributed by atoms with Crippen molar-refractivity contribution in [3.8, 4) is 0 Å². The summed E-state index contributed by atoms with van der Waals surface area (Å²) in [6, 6.07) is 1.64. The summed E-state index contributed by atoms with van der Waals surface area (Å²) in [5.41, 5.74) is 6.64. The number of amides is 1. The van der Waals surface area contributed by atoms with Crippen molar-refractivity contribution < 1.29 is 4.79 Å². The van der Waals surface area contributed by atoms with Gasteiger partial charge in [0.15, 0.2) is 0 Å². The first-order chi connectivity index (χ1) is 7.68. The van der Waals surface area contributed by atoms with Crippen molar-refractivity contribution >= 4 is 11.6 Å². The number of hydrogen-bond acceptors (Lipinski definition) is 3. The molecule has 1 aromatic heterocycles. The van der Waals surface area contributed by atoms with Crippen LogP contribution in [0.5, 0.6) is 0 Å². The van der Waals surface area contributed by atoms with Gasteiger partial charge in [-0.2, -0.15) is 0 Å². The van der Waals surface area contributed by atoms with E-state index in [-0.39, 0.29) is 5.91 Å². The molecular weight excluding hydrogens is 202 g/mol. The highest BCUT2D eigenvalue weighted by atomic mass is 16.1. The molecule has 1 aliphatic rings. The molecule has 0 aromatic carbocycles. The second kappa shape index (κ2) is 4.51. The molecule has 4 nitrogen and oxygen atoms in total. The molecule has 1 fully saturated rings. The molecule has 0 aliphatic heterocycles. The molecule has 2 rings (SSSR count). The molecule has 1 saturated carbocycles. The number of hydrogen-bond donors (Lipinski definition) is 2. The van der Waals surface area contributed by atoms with Gasteiger partial charge in [-0.05, 0) is 30.7 Å². The van der Waals surface area contributed by atoms with Gasteiger partial charge >= 0.3 is 0 Å². The fraction of sp³-hybridized carbons (Fsp3) is 0.500. The van der Waals surface area contributed by atoms with Crippen molar-refractivity contribution in [1.82, 2.24) is 10.3 Å². The lowest BCUT2D eigenvalue weighted by Crippen LogP contribution is -2.29. The third kappa shape index (κ3) is 2.51. The largest absolute Gasteiger partial charge is 0.398 e. The maximum Gasteiger partial charge on any atom is 0.254 e. The van der Waals surface area contributed by atoms with Gasteiger partial charge in [0.05, 0.1) is 5.56 Å². The van der Waals surface area contributed by atoms with E-state index in [2.05, 4.69) is 17.2 Å². The summed E-state index contributed by atoms with van der Waals surface area (Å²) < 4.78 is 0. The van der Waals surface area contributed by atoms with Crippen molar-refractivity contribution in [2.45, 2.75) is 19.8 Å². The normalized spacial score (nSPS) is 16.8. The molecule has 4 heteroatoms. The minimum absolute atomic E-state index is 0.127.